The van der Waals surface area contributed by atoms with Crippen molar-refractivity contribution in [2.75, 3.05) is 0 Å². The predicted molar refractivity (Wildman–Crippen MR) is 106 cm³/mol. The van der Waals surface area contributed by atoms with E-state index < -0.39 is 5.97 Å². The van der Waals surface area contributed by atoms with E-state index in [4.69, 9.17) is 5.11 Å². The molecule has 0 heterocycles. The molecule has 3 heteroatoms. The first-order valence-corrected chi connectivity index (χ1v) is 11.2. The average molecular weight is 373 g/mol. The molecule has 4 rings (SSSR count). The molecule has 0 aromatic rings. The maximum absolute atomic E-state index is 12.0. The van der Waals surface area contributed by atoms with E-state index in [-0.39, 0.29) is 0 Å². The summed E-state index contributed by atoms with van der Waals surface area (Å²) in [7, 11) is 0. The third kappa shape index (κ3) is 3.00. The maximum Gasteiger partial charge on any atom is 0.327 e. The molecular weight excluding hydrogens is 336 g/mol. The van der Waals surface area contributed by atoms with Crippen molar-refractivity contribution < 1.29 is 14.7 Å². The van der Waals surface area contributed by atoms with Gasteiger partial charge >= 0.3 is 5.97 Å². The fraction of sp³-hybridized carbons (Fsp3) is 0.833. The normalized spacial score (nSPS) is 48.0. The Bertz CT molecular complexity index is 652. The Kier molecular flexibility index (Phi) is 4.79. The van der Waals surface area contributed by atoms with Crippen LogP contribution in [-0.4, -0.2) is 16.9 Å². The summed E-state index contributed by atoms with van der Waals surface area (Å²) in [6, 6.07) is 0. The van der Waals surface area contributed by atoms with Gasteiger partial charge in [0.1, 0.15) is 5.78 Å². The number of carbonyl (C=O) groups excluding carboxylic acids is 1. The molecule has 0 spiro atoms. The summed E-state index contributed by atoms with van der Waals surface area (Å²) in [5, 5.41) is 9.00. The molecule has 0 saturated heterocycles. The van der Waals surface area contributed by atoms with Gasteiger partial charge in [-0.1, -0.05) is 26.8 Å². The number of allylic oxidation sites excluding steroid dienone is 1. The third-order valence-electron chi connectivity index (χ3n) is 9.73. The molecule has 0 bridgehead atoms. The quantitative estimate of drug-likeness (QED) is 0.666. The summed E-state index contributed by atoms with van der Waals surface area (Å²) in [6.07, 6.45) is 13.7. The van der Waals surface area contributed by atoms with Crippen molar-refractivity contribution in [3.8, 4) is 0 Å². The van der Waals surface area contributed by atoms with Gasteiger partial charge < -0.3 is 5.11 Å². The van der Waals surface area contributed by atoms with Crippen molar-refractivity contribution in [1.29, 1.82) is 0 Å². The van der Waals surface area contributed by atoms with Crippen LogP contribution in [-0.2, 0) is 9.59 Å². The van der Waals surface area contributed by atoms with Crippen LogP contribution < -0.4 is 0 Å². The molecule has 4 fully saturated rings. The Morgan fingerprint density at radius 2 is 1.81 bits per heavy atom. The average Bonchev–Trinajstić information content (AvgIpc) is 2.97. The van der Waals surface area contributed by atoms with Gasteiger partial charge in [0.25, 0.3) is 0 Å². The minimum absolute atomic E-state index is 0.340. The van der Waals surface area contributed by atoms with Crippen LogP contribution in [0.4, 0.5) is 0 Å². The summed E-state index contributed by atoms with van der Waals surface area (Å²) >= 11 is 0. The summed E-state index contributed by atoms with van der Waals surface area (Å²) in [5.74, 6) is 3.64. The van der Waals surface area contributed by atoms with Crippen LogP contribution in [0, 0.1) is 46.3 Å². The summed E-state index contributed by atoms with van der Waals surface area (Å²) in [4.78, 5) is 23.0. The van der Waals surface area contributed by atoms with E-state index >= 15 is 0 Å². The number of hydrogen-bond donors (Lipinski definition) is 1. The van der Waals surface area contributed by atoms with Crippen LogP contribution in [0.15, 0.2) is 12.2 Å². The van der Waals surface area contributed by atoms with Crippen LogP contribution in [0.3, 0.4) is 0 Å². The molecule has 0 amide bonds. The summed E-state index contributed by atoms with van der Waals surface area (Å²) < 4.78 is 0. The van der Waals surface area contributed by atoms with Gasteiger partial charge in [0.05, 0.1) is 0 Å². The predicted octanol–water partition coefficient (Wildman–Crippen LogP) is 5.49. The van der Waals surface area contributed by atoms with Gasteiger partial charge in [-0.05, 0) is 91.3 Å². The Balaban J connectivity index is 1.55. The molecule has 0 aromatic carbocycles. The van der Waals surface area contributed by atoms with Crippen molar-refractivity contribution in [3.63, 3.8) is 0 Å². The van der Waals surface area contributed by atoms with Gasteiger partial charge in [0.15, 0.2) is 0 Å². The first kappa shape index (κ1) is 19.2. The largest absolute Gasteiger partial charge is 0.478 e. The Labute approximate surface area is 164 Å². The van der Waals surface area contributed by atoms with E-state index in [1.165, 1.54) is 44.6 Å². The van der Waals surface area contributed by atoms with E-state index in [1.807, 2.05) is 6.08 Å². The van der Waals surface area contributed by atoms with Crippen LogP contribution in [0.1, 0.15) is 78.6 Å². The highest BCUT2D eigenvalue weighted by Gasteiger charge is 2.60. The van der Waals surface area contributed by atoms with Crippen molar-refractivity contribution in [2.24, 2.45) is 46.3 Å². The van der Waals surface area contributed by atoms with E-state index in [2.05, 4.69) is 20.8 Å². The zero-order valence-corrected chi connectivity index (χ0v) is 17.2. The van der Waals surface area contributed by atoms with E-state index in [0.29, 0.717) is 34.4 Å². The number of fused-ring (bicyclic) bond motifs is 5. The molecule has 4 aliphatic rings. The first-order valence-electron chi connectivity index (χ1n) is 11.2. The van der Waals surface area contributed by atoms with Crippen molar-refractivity contribution in [3.05, 3.63) is 12.2 Å². The number of hydrogen-bond acceptors (Lipinski definition) is 2. The molecule has 4 aliphatic carbocycles. The second-order valence-electron chi connectivity index (χ2n) is 10.7. The summed E-state index contributed by atoms with van der Waals surface area (Å²) in [5.41, 5.74) is 0.738. The molecule has 1 unspecified atom stereocenters. The first-order chi connectivity index (χ1) is 12.8. The number of Topliss-reactive ketones (excluding diaryl/α,β-unsaturated/α-hetero) is 1. The highest BCUT2D eigenvalue weighted by atomic mass is 16.4. The van der Waals surface area contributed by atoms with Crippen molar-refractivity contribution >= 4 is 11.8 Å². The lowest BCUT2D eigenvalue weighted by Gasteiger charge is -2.60. The monoisotopic (exact) mass is 372 g/mol. The lowest BCUT2D eigenvalue weighted by molar-refractivity contribution is -0.140. The minimum atomic E-state index is -0.830. The van der Waals surface area contributed by atoms with E-state index in [9.17, 15) is 9.59 Å². The van der Waals surface area contributed by atoms with E-state index in [1.54, 1.807) is 0 Å². The number of rotatable bonds is 3. The number of carboxylic acid groups (broad SMARTS) is 1. The highest BCUT2D eigenvalue weighted by molar-refractivity contribution is 5.80. The van der Waals surface area contributed by atoms with Gasteiger partial charge in [-0.2, -0.15) is 0 Å². The molecule has 150 valence electrons. The maximum atomic E-state index is 12.0. The molecule has 8 atom stereocenters. The van der Waals surface area contributed by atoms with E-state index in [0.717, 1.165) is 37.0 Å². The van der Waals surface area contributed by atoms with Crippen LogP contribution in [0.2, 0.25) is 0 Å². The van der Waals surface area contributed by atoms with Crippen molar-refractivity contribution in [2.45, 2.75) is 78.6 Å². The fourth-order valence-electron chi connectivity index (χ4n) is 8.32. The number of ketones is 1. The zero-order valence-electron chi connectivity index (χ0n) is 17.2. The molecule has 0 aliphatic heterocycles. The fourth-order valence-corrected chi connectivity index (χ4v) is 8.32. The van der Waals surface area contributed by atoms with Crippen molar-refractivity contribution in [1.82, 2.24) is 0 Å². The second-order valence-corrected chi connectivity index (χ2v) is 10.7. The molecule has 0 aromatic heterocycles. The molecule has 0 radical (unpaired) electrons. The zero-order chi connectivity index (χ0) is 19.4. The minimum Gasteiger partial charge on any atom is -0.478 e. The second kappa shape index (κ2) is 6.74. The molecule has 1 N–H and O–H groups in total. The Morgan fingerprint density at radius 3 is 2.56 bits per heavy atom. The summed E-state index contributed by atoms with van der Waals surface area (Å²) in [6.45, 7) is 7.23. The number of carbonyl (C=O) groups is 2. The standard InChI is InChI=1S/C24H36O3/c1-15(4-9-22(26)27)19-7-8-20-18-6-5-16-14-17(25)10-12-23(16,2)21(18)11-13-24(19,20)3/h4,9,15-16,18-21H,5-8,10-14H2,1-3H3,(H,26,27)/t15-,16?,18+,19-,20+,21+,23+,24-/m1/s1. The molecular formula is C24H36O3. The van der Waals surface area contributed by atoms with Gasteiger partial charge in [0.2, 0.25) is 0 Å². The Morgan fingerprint density at radius 1 is 1.07 bits per heavy atom. The number of carboxylic acids is 1. The topological polar surface area (TPSA) is 54.4 Å². The van der Waals surface area contributed by atoms with Crippen LogP contribution >= 0.6 is 0 Å². The highest BCUT2D eigenvalue weighted by Crippen LogP contribution is 2.68. The van der Waals surface area contributed by atoms with Gasteiger partial charge in [-0.15, -0.1) is 0 Å². The van der Waals surface area contributed by atoms with Gasteiger partial charge in [-0.25, -0.2) is 4.79 Å². The Hall–Kier alpha value is -1.12. The third-order valence-corrected chi connectivity index (χ3v) is 9.73. The smallest absolute Gasteiger partial charge is 0.327 e. The lowest BCUT2D eigenvalue weighted by atomic mass is 9.44. The van der Waals surface area contributed by atoms with Gasteiger partial charge in [0, 0.05) is 18.9 Å². The number of aliphatic carboxylic acids is 1. The SMILES string of the molecule is C[C@H](C=CC(=O)O)[C@H]1CC[C@H]2[C@@H]3CCC4CC(=O)CC[C@]4(C)[C@H]3CC[C@]12C. The lowest BCUT2D eigenvalue weighted by Crippen LogP contribution is -2.53. The molecule has 3 nitrogen and oxygen atoms in total. The van der Waals surface area contributed by atoms with Gasteiger partial charge in [-0.3, -0.25) is 4.79 Å². The molecule has 4 saturated carbocycles. The molecule has 27 heavy (non-hydrogen) atoms. The van der Waals surface area contributed by atoms with Crippen LogP contribution in [0.25, 0.3) is 0 Å². The van der Waals surface area contributed by atoms with Crippen LogP contribution in [0.5, 0.6) is 0 Å².